The van der Waals surface area contributed by atoms with Gasteiger partial charge >= 0.3 is 5.97 Å². The number of aliphatic hydroxyl groups is 1. The van der Waals surface area contributed by atoms with Crippen molar-refractivity contribution in [1.29, 1.82) is 0 Å². The number of rotatable bonds is 5. The molecule has 70 valence electrons. The Morgan fingerprint density at radius 2 is 2.08 bits per heavy atom. The number of aliphatic carboxylic acids is 1. The van der Waals surface area contributed by atoms with Crippen LogP contribution in [0.2, 0.25) is 0 Å². The molecule has 0 bridgehead atoms. The summed E-state index contributed by atoms with van der Waals surface area (Å²) in [6, 6.07) is -1.22. The molecular weight excluding hydrogens is 164 g/mol. The van der Waals surface area contributed by atoms with Crippen molar-refractivity contribution >= 4 is 11.9 Å². The standard InChI is InChI=1S/C6H12N2O4/c1-7-2-5(10)8-4(3-9)6(11)12/h4,7,9H,2-3H2,1H3,(H,8,10)(H,11,12)/t4-/m1/s1. The topological polar surface area (TPSA) is 98.7 Å². The summed E-state index contributed by atoms with van der Waals surface area (Å²) in [7, 11) is 1.56. The Morgan fingerprint density at radius 3 is 2.42 bits per heavy atom. The Kier molecular flexibility index (Phi) is 4.98. The number of nitrogens with one attached hydrogen (secondary N) is 2. The van der Waals surface area contributed by atoms with Crippen molar-refractivity contribution in [3.05, 3.63) is 0 Å². The molecule has 4 N–H and O–H groups in total. The highest BCUT2D eigenvalue weighted by atomic mass is 16.4. The number of amides is 1. The van der Waals surface area contributed by atoms with Crippen LogP contribution in [0.4, 0.5) is 0 Å². The maximum atomic E-state index is 10.8. The van der Waals surface area contributed by atoms with E-state index in [1.165, 1.54) is 0 Å². The zero-order valence-electron chi connectivity index (χ0n) is 6.70. The summed E-state index contributed by atoms with van der Waals surface area (Å²) in [5.74, 6) is -1.71. The minimum absolute atomic E-state index is 0.0315. The minimum Gasteiger partial charge on any atom is -0.480 e. The second-order valence-corrected chi connectivity index (χ2v) is 2.17. The molecule has 0 aliphatic heterocycles. The van der Waals surface area contributed by atoms with Crippen LogP contribution in [0.5, 0.6) is 0 Å². The normalized spacial score (nSPS) is 12.2. The van der Waals surface area contributed by atoms with Crippen LogP contribution in [0.3, 0.4) is 0 Å². The average Bonchev–Trinajstić information content (AvgIpc) is 2.00. The van der Waals surface area contributed by atoms with Crippen molar-refractivity contribution < 1.29 is 19.8 Å². The van der Waals surface area contributed by atoms with Crippen molar-refractivity contribution in [1.82, 2.24) is 10.6 Å². The summed E-state index contributed by atoms with van der Waals surface area (Å²) in [5.41, 5.74) is 0. The van der Waals surface area contributed by atoms with Gasteiger partial charge in [-0.15, -0.1) is 0 Å². The molecule has 0 aromatic rings. The van der Waals surface area contributed by atoms with Crippen molar-refractivity contribution in [2.75, 3.05) is 20.2 Å². The molecule has 0 aromatic carbocycles. The zero-order chi connectivity index (χ0) is 9.56. The van der Waals surface area contributed by atoms with E-state index in [1.54, 1.807) is 7.05 Å². The van der Waals surface area contributed by atoms with Gasteiger partial charge in [0.2, 0.25) is 5.91 Å². The van der Waals surface area contributed by atoms with E-state index < -0.39 is 24.5 Å². The second kappa shape index (κ2) is 5.50. The molecule has 0 heterocycles. The van der Waals surface area contributed by atoms with E-state index in [1.807, 2.05) is 0 Å². The monoisotopic (exact) mass is 176 g/mol. The summed E-state index contributed by atoms with van der Waals surface area (Å²) >= 11 is 0. The van der Waals surface area contributed by atoms with Gasteiger partial charge in [0.05, 0.1) is 13.2 Å². The highest BCUT2D eigenvalue weighted by Gasteiger charge is 2.17. The third-order valence-corrected chi connectivity index (χ3v) is 1.15. The van der Waals surface area contributed by atoms with E-state index in [0.717, 1.165) is 0 Å². The molecule has 0 saturated heterocycles. The molecule has 1 atom stereocenters. The van der Waals surface area contributed by atoms with Gasteiger partial charge in [-0.05, 0) is 7.05 Å². The first-order valence-electron chi connectivity index (χ1n) is 3.39. The fraction of sp³-hybridized carbons (Fsp3) is 0.667. The van der Waals surface area contributed by atoms with Crippen LogP contribution in [0.1, 0.15) is 0 Å². The van der Waals surface area contributed by atoms with Crippen LogP contribution in [0.15, 0.2) is 0 Å². The predicted octanol–water partition coefficient (Wildman–Crippen LogP) is -2.23. The third kappa shape index (κ3) is 3.89. The summed E-state index contributed by atoms with van der Waals surface area (Å²) in [5, 5.41) is 21.6. The predicted molar refractivity (Wildman–Crippen MR) is 40.6 cm³/mol. The van der Waals surface area contributed by atoms with Crippen molar-refractivity contribution in [2.45, 2.75) is 6.04 Å². The van der Waals surface area contributed by atoms with E-state index in [4.69, 9.17) is 10.2 Å². The smallest absolute Gasteiger partial charge is 0.328 e. The molecule has 0 radical (unpaired) electrons. The Hall–Kier alpha value is -1.14. The van der Waals surface area contributed by atoms with Crippen LogP contribution in [0.25, 0.3) is 0 Å². The maximum absolute atomic E-state index is 10.8. The third-order valence-electron chi connectivity index (χ3n) is 1.15. The quantitative estimate of drug-likeness (QED) is 0.380. The maximum Gasteiger partial charge on any atom is 0.328 e. The number of carboxylic acid groups (broad SMARTS) is 1. The van der Waals surface area contributed by atoms with E-state index in [0.29, 0.717) is 0 Å². The summed E-state index contributed by atoms with van der Waals surface area (Å²) in [6.07, 6.45) is 0. The minimum atomic E-state index is -1.25. The first-order valence-corrected chi connectivity index (χ1v) is 3.39. The molecular formula is C6H12N2O4. The molecule has 0 rings (SSSR count). The Labute approximate surface area is 69.6 Å². The number of likely N-dealkylation sites (N-methyl/N-ethyl adjacent to an activating group) is 1. The summed E-state index contributed by atoms with van der Waals surface area (Å²) in [4.78, 5) is 21.0. The second-order valence-electron chi connectivity index (χ2n) is 2.17. The molecule has 0 spiro atoms. The molecule has 0 saturated carbocycles. The van der Waals surface area contributed by atoms with E-state index >= 15 is 0 Å². The first-order chi connectivity index (χ1) is 5.61. The summed E-state index contributed by atoms with van der Waals surface area (Å²) in [6.45, 7) is -0.575. The molecule has 0 aliphatic rings. The lowest BCUT2D eigenvalue weighted by atomic mass is 10.3. The van der Waals surface area contributed by atoms with Gasteiger partial charge in [-0.3, -0.25) is 4.79 Å². The van der Waals surface area contributed by atoms with Crippen LogP contribution in [0, 0.1) is 0 Å². The molecule has 0 fully saturated rings. The van der Waals surface area contributed by atoms with Gasteiger partial charge in [-0.2, -0.15) is 0 Å². The average molecular weight is 176 g/mol. The molecule has 6 heteroatoms. The number of aliphatic hydroxyl groups excluding tert-OH is 1. The van der Waals surface area contributed by atoms with Crippen LogP contribution >= 0.6 is 0 Å². The van der Waals surface area contributed by atoms with Gasteiger partial charge in [-0.25, -0.2) is 4.79 Å². The SMILES string of the molecule is CNCC(=O)N[C@H](CO)C(=O)O. The first kappa shape index (κ1) is 10.9. The lowest BCUT2D eigenvalue weighted by molar-refractivity contribution is -0.142. The van der Waals surface area contributed by atoms with Gasteiger partial charge in [0.25, 0.3) is 0 Å². The van der Waals surface area contributed by atoms with Crippen LogP contribution in [-0.4, -0.2) is 48.3 Å². The highest BCUT2D eigenvalue weighted by molar-refractivity contribution is 5.84. The van der Waals surface area contributed by atoms with E-state index in [2.05, 4.69) is 10.6 Å². The lowest BCUT2D eigenvalue weighted by Gasteiger charge is -2.10. The van der Waals surface area contributed by atoms with E-state index in [-0.39, 0.29) is 6.54 Å². The number of hydrogen-bond donors (Lipinski definition) is 4. The Bertz CT molecular complexity index is 171. The lowest BCUT2D eigenvalue weighted by Crippen LogP contribution is -2.46. The Morgan fingerprint density at radius 1 is 1.50 bits per heavy atom. The van der Waals surface area contributed by atoms with Crippen molar-refractivity contribution in [3.8, 4) is 0 Å². The fourth-order valence-electron chi connectivity index (χ4n) is 0.591. The summed E-state index contributed by atoms with van der Waals surface area (Å²) < 4.78 is 0. The number of carbonyl (C=O) groups is 2. The molecule has 6 nitrogen and oxygen atoms in total. The van der Waals surface area contributed by atoms with Gasteiger partial charge in [0.15, 0.2) is 0 Å². The van der Waals surface area contributed by atoms with E-state index in [9.17, 15) is 9.59 Å². The number of hydrogen-bond acceptors (Lipinski definition) is 4. The molecule has 12 heavy (non-hydrogen) atoms. The van der Waals surface area contributed by atoms with Crippen LogP contribution < -0.4 is 10.6 Å². The molecule has 0 aromatic heterocycles. The molecule has 1 amide bonds. The highest BCUT2D eigenvalue weighted by Crippen LogP contribution is 1.81. The zero-order valence-corrected chi connectivity index (χ0v) is 6.70. The van der Waals surface area contributed by atoms with Gasteiger partial charge in [0.1, 0.15) is 6.04 Å². The van der Waals surface area contributed by atoms with Gasteiger partial charge < -0.3 is 20.8 Å². The largest absolute Gasteiger partial charge is 0.480 e. The van der Waals surface area contributed by atoms with Crippen molar-refractivity contribution in [3.63, 3.8) is 0 Å². The van der Waals surface area contributed by atoms with Gasteiger partial charge in [-0.1, -0.05) is 0 Å². The fourth-order valence-corrected chi connectivity index (χ4v) is 0.591. The Balaban J connectivity index is 3.85. The van der Waals surface area contributed by atoms with Crippen LogP contribution in [-0.2, 0) is 9.59 Å². The van der Waals surface area contributed by atoms with Gasteiger partial charge in [0, 0.05) is 0 Å². The molecule has 0 aliphatic carbocycles. The number of carboxylic acids is 1. The molecule has 0 unspecified atom stereocenters. The van der Waals surface area contributed by atoms with Crippen molar-refractivity contribution in [2.24, 2.45) is 0 Å². The number of carbonyl (C=O) groups excluding carboxylic acids is 1.